The molecule has 2 aliphatic rings. The largest absolute Gasteiger partial charge is 0.378 e. The summed E-state index contributed by atoms with van der Waals surface area (Å²) in [6, 6.07) is 8.30. The molecule has 1 aromatic carbocycles. The van der Waals surface area contributed by atoms with Gasteiger partial charge in [0.25, 0.3) is 0 Å². The normalized spacial score (nSPS) is 22.7. The molecule has 0 bridgehead atoms. The first-order valence-corrected chi connectivity index (χ1v) is 8.53. The molecule has 2 aliphatic heterocycles. The first-order chi connectivity index (χ1) is 11.3. The Balaban J connectivity index is 1.47. The van der Waals surface area contributed by atoms with Gasteiger partial charge in [-0.1, -0.05) is 22.8 Å². The summed E-state index contributed by atoms with van der Waals surface area (Å²) >= 11 is 0. The minimum atomic E-state index is 0.477. The van der Waals surface area contributed by atoms with Crippen molar-refractivity contribution in [1.82, 2.24) is 20.2 Å². The van der Waals surface area contributed by atoms with Gasteiger partial charge < -0.3 is 9.64 Å². The van der Waals surface area contributed by atoms with Gasteiger partial charge in [-0.15, -0.1) is 0 Å². The topological polar surface area (TPSA) is 56.1 Å². The van der Waals surface area contributed by atoms with Gasteiger partial charge in [-0.05, 0) is 61.1 Å². The van der Waals surface area contributed by atoms with Crippen molar-refractivity contribution in [2.24, 2.45) is 5.92 Å². The lowest BCUT2D eigenvalue weighted by Gasteiger charge is -2.34. The lowest BCUT2D eigenvalue weighted by Crippen LogP contribution is -2.39. The number of hydrogen-bond acceptors (Lipinski definition) is 5. The van der Waals surface area contributed by atoms with Crippen molar-refractivity contribution in [3.63, 3.8) is 0 Å². The van der Waals surface area contributed by atoms with E-state index in [1.54, 1.807) is 0 Å². The highest BCUT2D eigenvalue weighted by atomic mass is 16.5. The molecule has 2 saturated heterocycles. The molecule has 0 radical (unpaired) electrons. The van der Waals surface area contributed by atoms with Crippen LogP contribution in [0.15, 0.2) is 24.3 Å². The second kappa shape index (κ2) is 6.28. The van der Waals surface area contributed by atoms with Gasteiger partial charge in [-0.3, -0.25) is 0 Å². The van der Waals surface area contributed by atoms with Crippen LogP contribution in [-0.2, 0) is 4.74 Å². The molecule has 4 rings (SSSR count). The molecule has 1 unspecified atom stereocenters. The first-order valence-electron chi connectivity index (χ1n) is 8.53. The lowest BCUT2D eigenvalue weighted by atomic mass is 9.90. The standard InChI is InChI=1S/C17H23N5O/c1-13-4-6-15(7-5-13)22-17(18-19-20-22)21-10-8-14(9-11-21)16-3-2-12-23-16/h4-7,14,16H,2-3,8-12H2,1H3. The number of tetrazole rings is 1. The quantitative estimate of drug-likeness (QED) is 0.871. The maximum Gasteiger partial charge on any atom is 0.250 e. The Morgan fingerprint density at radius 2 is 1.87 bits per heavy atom. The summed E-state index contributed by atoms with van der Waals surface area (Å²) in [4.78, 5) is 2.30. The van der Waals surface area contributed by atoms with Crippen molar-refractivity contribution in [1.29, 1.82) is 0 Å². The van der Waals surface area contributed by atoms with Gasteiger partial charge in [0.1, 0.15) is 0 Å². The highest BCUT2D eigenvalue weighted by Gasteiger charge is 2.31. The molecule has 0 aliphatic carbocycles. The number of piperidine rings is 1. The number of benzene rings is 1. The van der Waals surface area contributed by atoms with Crippen LogP contribution in [0.1, 0.15) is 31.2 Å². The average Bonchev–Trinajstić information content (AvgIpc) is 3.28. The van der Waals surface area contributed by atoms with Gasteiger partial charge in [-0.25, -0.2) is 0 Å². The van der Waals surface area contributed by atoms with Gasteiger partial charge in [-0.2, -0.15) is 4.68 Å². The summed E-state index contributed by atoms with van der Waals surface area (Å²) < 4.78 is 7.70. The molecule has 1 aromatic heterocycles. The number of aryl methyl sites for hydroxylation is 1. The monoisotopic (exact) mass is 313 g/mol. The zero-order chi connectivity index (χ0) is 15.6. The van der Waals surface area contributed by atoms with Gasteiger partial charge in [0.05, 0.1) is 11.8 Å². The fraction of sp³-hybridized carbons (Fsp3) is 0.588. The number of anilines is 1. The van der Waals surface area contributed by atoms with E-state index in [9.17, 15) is 0 Å². The van der Waals surface area contributed by atoms with E-state index < -0.39 is 0 Å². The van der Waals surface area contributed by atoms with Crippen molar-refractivity contribution < 1.29 is 4.74 Å². The highest BCUT2D eigenvalue weighted by Crippen LogP contribution is 2.30. The molecule has 0 amide bonds. The Labute approximate surface area is 136 Å². The van der Waals surface area contributed by atoms with Crippen molar-refractivity contribution >= 4 is 5.95 Å². The first kappa shape index (κ1) is 14.6. The van der Waals surface area contributed by atoms with E-state index in [1.807, 2.05) is 4.68 Å². The van der Waals surface area contributed by atoms with E-state index in [4.69, 9.17) is 4.74 Å². The summed E-state index contributed by atoms with van der Waals surface area (Å²) in [5, 5.41) is 12.3. The van der Waals surface area contributed by atoms with Crippen LogP contribution in [0.3, 0.4) is 0 Å². The summed E-state index contributed by atoms with van der Waals surface area (Å²) in [7, 11) is 0. The number of rotatable bonds is 3. The molecule has 2 fully saturated rings. The van der Waals surface area contributed by atoms with Crippen molar-refractivity contribution in [2.45, 2.75) is 38.7 Å². The smallest absolute Gasteiger partial charge is 0.250 e. The molecule has 6 heteroatoms. The summed E-state index contributed by atoms with van der Waals surface area (Å²) in [6.07, 6.45) is 5.24. The fourth-order valence-electron chi connectivity index (χ4n) is 3.68. The Bertz CT molecular complexity index is 639. The highest BCUT2D eigenvalue weighted by molar-refractivity contribution is 5.41. The van der Waals surface area contributed by atoms with Crippen LogP contribution < -0.4 is 4.90 Å². The Morgan fingerprint density at radius 3 is 2.57 bits per heavy atom. The molecule has 1 atom stereocenters. The molecular weight excluding hydrogens is 290 g/mol. The summed E-state index contributed by atoms with van der Waals surface area (Å²) in [5.74, 6) is 1.54. The zero-order valence-electron chi connectivity index (χ0n) is 13.6. The van der Waals surface area contributed by atoms with Crippen LogP contribution in [0, 0.1) is 12.8 Å². The van der Waals surface area contributed by atoms with Crippen molar-refractivity contribution in [3.8, 4) is 5.69 Å². The molecule has 122 valence electrons. The van der Waals surface area contributed by atoms with E-state index in [2.05, 4.69) is 51.6 Å². The Kier molecular flexibility index (Phi) is 3.99. The minimum absolute atomic E-state index is 0.477. The maximum atomic E-state index is 5.86. The zero-order valence-corrected chi connectivity index (χ0v) is 13.6. The van der Waals surface area contributed by atoms with Crippen molar-refractivity contribution in [2.75, 3.05) is 24.6 Å². The third-order valence-corrected chi connectivity index (χ3v) is 5.04. The van der Waals surface area contributed by atoms with Gasteiger partial charge >= 0.3 is 0 Å². The molecule has 0 N–H and O–H groups in total. The number of nitrogens with zero attached hydrogens (tertiary/aromatic N) is 5. The van der Waals surface area contributed by atoms with Crippen LogP contribution >= 0.6 is 0 Å². The molecular formula is C17H23N5O. The number of aromatic nitrogens is 4. The molecule has 23 heavy (non-hydrogen) atoms. The third-order valence-electron chi connectivity index (χ3n) is 5.04. The van der Waals surface area contributed by atoms with Gasteiger partial charge in [0.15, 0.2) is 0 Å². The second-order valence-corrected chi connectivity index (χ2v) is 6.60. The van der Waals surface area contributed by atoms with Crippen LogP contribution in [0.5, 0.6) is 0 Å². The minimum Gasteiger partial charge on any atom is -0.378 e. The molecule has 3 heterocycles. The molecule has 0 spiro atoms. The van der Waals surface area contributed by atoms with Crippen LogP contribution in [0.2, 0.25) is 0 Å². The predicted molar refractivity (Wildman–Crippen MR) is 87.8 cm³/mol. The summed E-state index contributed by atoms with van der Waals surface area (Å²) in [5.41, 5.74) is 2.25. The Hall–Kier alpha value is -1.95. The SMILES string of the molecule is Cc1ccc(-n2nnnc2N2CCC(C3CCCO3)CC2)cc1. The van der Waals surface area contributed by atoms with Crippen LogP contribution in [-0.4, -0.2) is 46.0 Å². The average molecular weight is 313 g/mol. The lowest BCUT2D eigenvalue weighted by molar-refractivity contribution is 0.0530. The van der Waals surface area contributed by atoms with Crippen molar-refractivity contribution in [3.05, 3.63) is 29.8 Å². The van der Waals surface area contributed by atoms with Gasteiger partial charge in [0, 0.05) is 19.7 Å². The number of ether oxygens (including phenoxy) is 1. The maximum absolute atomic E-state index is 5.86. The van der Waals surface area contributed by atoms with Gasteiger partial charge in [0.2, 0.25) is 5.95 Å². The Morgan fingerprint density at radius 1 is 1.09 bits per heavy atom. The summed E-state index contributed by atoms with van der Waals surface area (Å²) in [6.45, 7) is 5.02. The van der Waals surface area contributed by atoms with E-state index in [0.29, 0.717) is 12.0 Å². The second-order valence-electron chi connectivity index (χ2n) is 6.60. The van der Waals surface area contributed by atoms with E-state index in [1.165, 1.54) is 18.4 Å². The molecule has 6 nitrogen and oxygen atoms in total. The van der Waals surface area contributed by atoms with Crippen LogP contribution in [0.4, 0.5) is 5.95 Å². The fourth-order valence-corrected chi connectivity index (χ4v) is 3.68. The molecule has 0 saturated carbocycles. The predicted octanol–water partition coefficient (Wildman–Crippen LogP) is 2.37. The van der Waals surface area contributed by atoms with Crippen LogP contribution in [0.25, 0.3) is 5.69 Å². The molecule has 2 aromatic rings. The number of hydrogen-bond donors (Lipinski definition) is 0. The van der Waals surface area contributed by atoms with E-state index in [0.717, 1.165) is 44.2 Å². The van der Waals surface area contributed by atoms with E-state index in [-0.39, 0.29) is 0 Å². The third kappa shape index (κ3) is 2.95. The van der Waals surface area contributed by atoms with E-state index >= 15 is 0 Å².